The maximum absolute atomic E-state index is 10.2. The Morgan fingerprint density at radius 3 is 2.30 bits per heavy atom. The molecule has 0 spiro atoms. The minimum Gasteiger partial charge on any atom is -0.505 e. The van der Waals surface area contributed by atoms with Gasteiger partial charge in [-0.1, -0.05) is 47.8 Å². The lowest BCUT2D eigenvalue weighted by Crippen LogP contribution is -2.02. The average Bonchev–Trinajstić information content (AvgIpc) is 2.49. The zero-order valence-corrected chi connectivity index (χ0v) is 17.9. The zero-order chi connectivity index (χ0) is 16.6. The van der Waals surface area contributed by atoms with Gasteiger partial charge in [0.25, 0.3) is 0 Å². The van der Waals surface area contributed by atoms with Gasteiger partial charge in [0.2, 0.25) is 0 Å². The Labute approximate surface area is 167 Å². The minimum absolute atomic E-state index is 0.148. The van der Waals surface area contributed by atoms with E-state index >= 15 is 0 Å². The Bertz CT molecular complexity index is 879. The number of fused-ring (bicyclic) bond motifs is 1. The number of hydrogen-bond acceptors (Lipinski definition) is 3. The summed E-state index contributed by atoms with van der Waals surface area (Å²) < 4.78 is 3.49. The number of nitrogens with zero attached hydrogens (tertiary/aromatic N) is 1. The lowest BCUT2D eigenvalue weighted by atomic mass is 10.2. The number of rotatable bonds is 3. The van der Waals surface area contributed by atoms with Gasteiger partial charge in [0.05, 0.1) is 16.7 Å². The van der Waals surface area contributed by atoms with Gasteiger partial charge in [-0.15, -0.1) is 0 Å². The SMILES string of the molecule is Oc1c(Br)cc(Br)c2ccc(CNc3cc(Br)cc(Br)c3)nc12. The maximum Gasteiger partial charge on any atom is 0.156 e. The molecule has 0 radical (unpaired) electrons. The lowest BCUT2D eigenvalue weighted by Gasteiger charge is -2.10. The molecule has 23 heavy (non-hydrogen) atoms. The van der Waals surface area contributed by atoms with E-state index in [2.05, 4.69) is 74.0 Å². The van der Waals surface area contributed by atoms with E-state index in [0.29, 0.717) is 16.5 Å². The van der Waals surface area contributed by atoms with Crippen molar-refractivity contribution >= 4 is 80.3 Å². The van der Waals surface area contributed by atoms with E-state index in [-0.39, 0.29) is 5.75 Å². The van der Waals surface area contributed by atoms with Crippen LogP contribution in [0.25, 0.3) is 10.9 Å². The molecule has 1 aromatic heterocycles. The van der Waals surface area contributed by atoms with Gasteiger partial charge in [0, 0.05) is 24.5 Å². The van der Waals surface area contributed by atoms with Crippen molar-refractivity contribution in [1.82, 2.24) is 4.98 Å². The second kappa shape index (κ2) is 7.09. The second-order valence-corrected chi connectivity index (χ2v) is 8.44. The van der Waals surface area contributed by atoms with Crippen molar-refractivity contribution in [3.05, 3.63) is 60.0 Å². The summed E-state index contributed by atoms with van der Waals surface area (Å²) in [6, 6.07) is 11.7. The van der Waals surface area contributed by atoms with Crippen molar-refractivity contribution < 1.29 is 5.11 Å². The highest BCUT2D eigenvalue weighted by molar-refractivity contribution is 9.11. The Hall–Kier alpha value is -0.630. The predicted octanol–water partition coefficient (Wildman–Crippen LogP) is 6.60. The van der Waals surface area contributed by atoms with E-state index in [4.69, 9.17) is 0 Å². The van der Waals surface area contributed by atoms with Crippen molar-refractivity contribution in [3.8, 4) is 5.75 Å². The topological polar surface area (TPSA) is 45.1 Å². The number of phenols is 1. The molecule has 0 unspecified atom stereocenters. The highest BCUT2D eigenvalue weighted by Gasteiger charge is 2.10. The summed E-state index contributed by atoms with van der Waals surface area (Å²) in [5.41, 5.74) is 2.39. The van der Waals surface area contributed by atoms with Crippen LogP contribution in [0, 0.1) is 0 Å². The fraction of sp³-hybridized carbons (Fsp3) is 0.0625. The summed E-state index contributed by atoms with van der Waals surface area (Å²) in [6.07, 6.45) is 0. The molecule has 1 heterocycles. The number of aromatic nitrogens is 1. The molecule has 2 aromatic carbocycles. The molecule has 3 aromatic rings. The van der Waals surface area contributed by atoms with Crippen LogP contribution < -0.4 is 5.32 Å². The van der Waals surface area contributed by atoms with Crippen LogP contribution in [0.4, 0.5) is 5.69 Å². The normalized spacial score (nSPS) is 11.0. The van der Waals surface area contributed by atoms with Gasteiger partial charge >= 0.3 is 0 Å². The summed E-state index contributed by atoms with van der Waals surface area (Å²) in [4.78, 5) is 4.56. The third-order valence-electron chi connectivity index (χ3n) is 3.25. The van der Waals surface area contributed by atoms with Crippen LogP contribution in [0.15, 0.2) is 54.3 Å². The quantitative estimate of drug-likeness (QED) is 0.376. The molecule has 0 bridgehead atoms. The van der Waals surface area contributed by atoms with Crippen molar-refractivity contribution in [2.24, 2.45) is 0 Å². The van der Waals surface area contributed by atoms with E-state index in [1.165, 1.54) is 0 Å². The fourth-order valence-electron chi connectivity index (χ4n) is 2.19. The van der Waals surface area contributed by atoms with Crippen molar-refractivity contribution in [2.45, 2.75) is 6.54 Å². The number of aromatic hydroxyl groups is 1. The van der Waals surface area contributed by atoms with E-state index < -0.39 is 0 Å². The molecule has 3 rings (SSSR count). The van der Waals surface area contributed by atoms with Gasteiger partial charge in [-0.05, 0) is 52.3 Å². The van der Waals surface area contributed by atoms with Crippen LogP contribution in [0.2, 0.25) is 0 Å². The predicted molar refractivity (Wildman–Crippen MR) is 108 cm³/mol. The van der Waals surface area contributed by atoms with Crippen LogP contribution in [0.5, 0.6) is 5.75 Å². The van der Waals surface area contributed by atoms with Gasteiger partial charge in [-0.2, -0.15) is 0 Å². The third kappa shape index (κ3) is 3.90. The van der Waals surface area contributed by atoms with Gasteiger partial charge in [0.1, 0.15) is 5.52 Å². The molecule has 0 aliphatic rings. The van der Waals surface area contributed by atoms with Crippen molar-refractivity contribution in [3.63, 3.8) is 0 Å². The molecule has 0 atom stereocenters. The first kappa shape index (κ1) is 17.2. The number of anilines is 1. The van der Waals surface area contributed by atoms with Gasteiger partial charge < -0.3 is 10.4 Å². The molecule has 0 aliphatic carbocycles. The zero-order valence-electron chi connectivity index (χ0n) is 11.6. The van der Waals surface area contributed by atoms with Crippen LogP contribution in [0.1, 0.15) is 5.69 Å². The van der Waals surface area contributed by atoms with Crippen LogP contribution in [-0.2, 0) is 6.54 Å². The summed E-state index contributed by atoms with van der Waals surface area (Å²) in [5, 5.41) is 14.4. The molecule has 118 valence electrons. The smallest absolute Gasteiger partial charge is 0.156 e. The monoisotopic (exact) mass is 562 g/mol. The molecular formula is C16H10Br4N2O. The molecule has 0 aliphatic heterocycles. The first-order chi connectivity index (χ1) is 10.9. The number of hydrogen-bond donors (Lipinski definition) is 2. The summed E-state index contributed by atoms with van der Waals surface area (Å²) >= 11 is 13.8. The van der Waals surface area contributed by atoms with Gasteiger partial charge in [-0.3, -0.25) is 0 Å². The molecule has 0 fully saturated rings. The highest BCUT2D eigenvalue weighted by atomic mass is 79.9. The van der Waals surface area contributed by atoms with Crippen LogP contribution in [0.3, 0.4) is 0 Å². The van der Waals surface area contributed by atoms with Gasteiger partial charge in [0.15, 0.2) is 5.75 Å². The first-order valence-corrected chi connectivity index (χ1v) is 9.78. The Kier molecular flexibility index (Phi) is 5.30. The average molecular weight is 566 g/mol. The van der Waals surface area contributed by atoms with E-state index in [1.54, 1.807) is 0 Å². The van der Waals surface area contributed by atoms with E-state index in [1.807, 2.05) is 36.4 Å². The summed E-state index contributed by atoms with van der Waals surface area (Å²) in [6.45, 7) is 0.558. The largest absolute Gasteiger partial charge is 0.505 e. The summed E-state index contributed by atoms with van der Waals surface area (Å²) in [7, 11) is 0. The Morgan fingerprint density at radius 1 is 0.913 bits per heavy atom. The first-order valence-electron chi connectivity index (χ1n) is 6.60. The number of nitrogens with one attached hydrogen (secondary N) is 1. The third-order valence-corrected chi connectivity index (χ3v) is 5.43. The molecule has 2 N–H and O–H groups in total. The highest BCUT2D eigenvalue weighted by Crippen LogP contribution is 2.36. The van der Waals surface area contributed by atoms with Crippen molar-refractivity contribution in [1.29, 1.82) is 0 Å². The number of phenolic OH excluding ortho intramolecular Hbond substituents is 1. The number of pyridine rings is 1. The molecule has 0 saturated heterocycles. The molecule has 0 saturated carbocycles. The fourth-order valence-corrected chi connectivity index (χ4v) is 4.76. The molecule has 7 heteroatoms. The molecule has 3 nitrogen and oxygen atoms in total. The number of halogens is 4. The maximum atomic E-state index is 10.2. The van der Waals surface area contributed by atoms with E-state index in [0.717, 1.165) is 30.2 Å². The van der Waals surface area contributed by atoms with E-state index in [9.17, 15) is 5.11 Å². The minimum atomic E-state index is 0.148. The van der Waals surface area contributed by atoms with Crippen LogP contribution >= 0.6 is 63.7 Å². The van der Waals surface area contributed by atoms with Gasteiger partial charge in [-0.25, -0.2) is 4.98 Å². The lowest BCUT2D eigenvalue weighted by molar-refractivity contribution is 0.477. The second-order valence-electron chi connectivity index (χ2n) is 4.90. The van der Waals surface area contributed by atoms with Crippen LogP contribution in [-0.4, -0.2) is 10.1 Å². The summed E-state index contributed by atoms with van der Waals surface area (Å²) in [5.74, 6) is 0.148. The molecule has 0 amide bonds. The van der Waals surface area contributed by atoms with Crippen molar-refractivity contribution in [2.75, 3.05) is 5.32 Å². The standard InChI is InChI=1S/C16H10Br4N2O/c17-8-3-9(18)5-11(4-8)21-7-10-1-2-12-13(19)6-14(20)16(23)15(12)22-10/h1-6,21,23H,7H2. The Balaban J connectivity index is 1.90. The molecular weight excluding hydrogens is 556 g/mol. The number of benzene rings is 2. The Morgan fingerprint density at radius 2 is 1.61 bits per heavy atom.